The van der Waals surface area contributed by atoms with Crippen molar-refractivity contribution in [2.24, 2.45) is 0 Å². The average molecular weight is 402 g/mol. The molecular weight excluding hydrogens is 388 g/mol. The first-order chi connectivity index (χ1) is 10.6. The number of halogens is 1. The van der Waals surface area contributed by atoms with Gasteiger partial charge in [0, 0.05) is 0 Å². The van der Waals surface area contributed by atoms with E-state index < -0.39 is 21.0 Å². The van der Waals surface area contributed by atoms with E-state index in [1.807, 2.05) is 18.2 Å². The van der Waals surface area contributed by atoms with Gasteiger partial charge in [0.2, 0.25) is 0 Å². The molecule has 0 spiro atoms. The van der Waals surface area contributed by atoms with Crippen molar-refractivity contribution >= 4 is 16.7 Å². The molecule has 0 unspecified atom stereocenters. The normalized spacial score (nSPS) is 16.2. The number of benzene rings is 1. The summed E-state index contributed by atoms with van der Waals surface area (Å²) in [5.74, 6) is 0.221. The molecule has 6 heteroatoms. The zero-order chi connectivity index (χ0) is 15.3. The van der Waals surface area contributed by atoms with E-state index in [4.69, 9.17) is 5.70 Å². The number of hydrogen-bond donors (Lipinski definition) is 1. The van der Waals surface area contributed by atoms with E-state index in [2.05, 4.69) is 27.8 Å². The van der Waals surface area contributed by atoms with Gasteiger partial charge in [-0.15, -0.1) is 0 Å². The van der Waals surface area contributed by atoms with Crippen LogP contribution in [0.3, 0.4) is 0 Å². The molecule has 3 aromatic rings. The molecule has 1 N–H and O–H groups in total. The van der Waals surface area contributed by atoms with Crippen LogP contribution in [-0.2, 0) is 5.54 Å². The van der Waals surface area contributed by atoms with Crippen molar-refractivity contribution in [3.8, 4) is 17.0 Å². The van der Waals surface area contributed by atoms with Gasteiger partial charge in [-0.3, -0.25) is 0 Å². The van der Waals surface area contributed by atoms with Gasteiger partial charge in [-0.2, -0.15) is 0 Å². The fourth-order valence-corrected chi connectivity index (χ4v) is 4.42. The molecule has 0 bridgehead atoms. The number of rotatable bonds is 3. The summed E-state index contributed by atoms with van der Waals surface area (Å²) >= 11 is -0.512. The first-order valence-electron chi connectivity index (χ1n) is 7.14. The molecule has 1 fully saturated rings. The van der Waals surface area contributed by atoms with Gasteiger partial charge in [0.05, 0.1) is 0 Å². The fraction of sp³-hybridized carbons (Fsp3) is 0.250. The summed E-state index contributed by atoms with van der Waals surface area (Å²) in [4.78, 5) is 0. The van der Waals surface area contributed by atoms with Gasteiger partial charge in [-0.05, 0) is 0 Å². The third-order valence-corrected chi connectivity index (χ3v) is 5.75. The van der Waals surface area contributed by atoms with Crippen LogP contribution in [0.1, 0.15) is 19.8 Å². The van der Waals surface area contributed by atoms with Gasteiger partial charge in [0.25, 0.3) is 0 Å². The Morgan fingerprint density at radius 3 is 2.68 bits per heavy atom. The molecule has 0 amide bonds. The summed E-state index contributed by atoms with van der Waals surface area (Å²) in [6, 6.07) is 11.3. The van der Waals surface area contributed by atoms with Crippen molar-refractivity contribution < 1.29 is 26.1 Å². The molecule has 2 radical (unpaired) electrons. The van der Waals surface area contributed by atoms with E-state index in [-0.39, 0.29) is 11.3 Å². The standard InChI is InChI=1S/C16H14BIN3O/c1-16(6-7-16)21-13-8-11(10-4-2-3-5-14(10)22)19-20-12(13)9-15(21)18-17/h2-5,8-9,22H,6-7H2,1H3/q-1. The minimum atomic E-state index is -0.512. The summed E-state index contributed by atoms with van der Waals surface area (Å²) in [5, 5.41) is 18.7. The molecule has 0 aliphatic heterocycles. The van der Waals surface area contributed by atoms with Crippen LogP contribution >= 0.6 is 0 Å². The second-order valence-corrected chi connectivity index (χ2v) is 7.65. The van der Waals surface area contributed by atoms with Gasteiger partial charge in [-0.25, -0.2) is 0 Å². The van der Waals surface area contributed by atoms with Gasteiger partial charge in [0.1, 0.15) is 0 Å². The second kappa shape index (κ2) is 4.98. The molecule has 0 saturated heterocycles. The van der Waals surface area contributed by atoms with Crippen LogP contribution in [0.2, 0.25) is 0 Å². The predicted octanol–water partition coefficient (Wildman–Crippen LogP) is -0.345. The molecule has 22 heavy (non-hydrogen) atoms. The third-order valence-electron chi connectivity index (χ3n) is 4.32. The summed E-state index contributed by atoms with van der Waals surface area (Å²) in [5.41, 5.74) is 9.51. The number of para-hydroxylation sites is 1. The fourth-order valence-electron chi connectivity index (χ4n) is 2.82. The zero-order valence-corrected chi connectivity index (χ0v) is 14.3. The van der Waals surface area contributed by atoms with Gasteiger partial charge in [0.15, 0.2) is 0 Å². The molecule has 110 valence electrons. The third kappa shape index (κ3) is 2.12. The van der Waals surface area contributed by atoms with Crippen LogP contribution in [0.15, 0.2) is 36.4 Å². The molecule has 0 atom stereocenters. The average Bonchev–Trinajstić information content (AvgIpc) is 3.14. The van der Waals surface area contributed by atoms with Crippen LogP contribution in [0.4, 0.5) is 0 Å². The number of phenols is 1. The Bertz CT molecular complexity index is 873. The Labute approximate surface area is 140 Å². The molecule has 4 nitrogen and oxygen atoms in total. The topological polar surface area (TPSA) is 50.9 Å². The summed E-state index contributed by atoms with van der Waals surface area (Å²) in [7, 11) is 0. The molecular formula is C16H14BIN3O-. The summed E-state index contributed by atoms with van der Waals surface area (Å²) in [6.07, 6.45) is 2.34. The van der Waals surface area contributed by atoms with Crippen molar-refractivity contribution in [1.82, 2.24) is 14.8 Å². The first-order valence-corrected chi connectivity index (χ1v) is 9.46. The molecule has 1 aromatic carbocycles. The van der Waals surface area contributed by atoms with E-state index >= 15 is 0 Å². The van der Waals surface area contributed by atoms with Crippen molar-refractivity contribution in [3.05, 3.63) is 40.1 Å². The van der Waals surface area contributed by atoms with Gasteiger partial charge in [-0.1, -0.05) is 0 Å². The van der Waals surface area contributed by atoms with Gasteiger partial charge >= 0.3 is 140 Å². The van der Waals surface area contributed by atoms with E-state index in [0.717, 1.165) is 11.0 Å². The molecule has 1 saturated carbocycles. The van der Waals surface area contributed by atoms with Crippen LogP contribution in [0.25, 0.3) is 22.3 Å². The molecule has 2 heterocycles. The molecule has 2 aromatic heterocycles. The second-order valence-electron chi connectivity index (χ2n) is 5.93. The summed E-state index contributed by atoms with van der Waals surface area (Å²) < 4.78 is 3.53. The molecule has 4 rings (SSSR count). The number of aromatic hydroxyl groups is 1. The minimum absolute atomic E-state index is 0.162. The zero-order valence-electron chi connectivity index (χ0n) is 12.1. The first kappa shape index (κ1) is 14.1. The van der Waals surface area contributed by atoms with Crippen LogP contribution in [0.5, 0.6) is 5.75 Å². The van der Waals surface area contributed by atoms with Crippen LogP contribution in [-0.4, -0.2) is 25.6 Å². The Kier molecular flexibility index (Phi) is 3.18. The summed E-state index contributed by atoms with van der Waals surface area (Å²) in [6.45, 7) is 2.26. The Balaban J connectivity index is 1.96. The van der Waals surface area contributed by atoms with E-state index in [0.29, 0.717) is 11.3 Å². The SMILES string of the molecule is [B][I-]c1cc2nnc(-c3ccccc3O)cc2n1C1(C)CC1. The van der Waals surface area contributed by atoms with E-state index in [1.54, 1.807) is 12.1 Å². The monoisotopic (exact) mass is 402 g/mol. The maximum absolute atomic E-state index is 10.0. The molecule has 1 aliphatic carbocycles. The van der Waals surface area contributed by atoms with Crippen LogP contribution in [0, 0.1) is 3.70 Å². The van der Waals surface area contributed by atoms with Gasteiger partial charge < -0.3 is 0 Å². The van der Waals surface area contributed by atoms with E-state index in [1.165, 1.54) is 16.5 Å². The Morgan fingerprint density at radius 2 is 2.00 bits per heavy atom. The number of aromatic nitrogens is 3. The Morgan fingerprint density at radius 1 is 1.23 bits per heavy atom. The van der Waals surface area contributed by atoms with Crippen molar-refractivity contribution in [1.29, 1.82) is 0 Å². The number of nitrogens with zero attached hydrogens (tertiary/aromatic N) is 3. The van der Waals surface area contributed by atoms with Crippen molar-refractivity contribution in [3.63, 3.8) is 0 Å². The van der Waals surface area contributed by atoms with Crippen molar-refractivity contribution in [2.75, 3.05) is 0 Å². The molecule has 1 aliphatic rings. The van der Waals surface area contributed by atoms with Crippen LogP contribution < -0.4 is 21.0 Å². The number of hydrogen-bond acceptors (Lipinski definition) is 3. The van der Waals surface area contributed by atoms with E-state index in [9.17, 15) is 5.11 Å². The number of fused-ring (bicyclic) bond motifs is 1. The Hall–Kier alpha value is -1.57. The quantitative estimate of drug-likeness (QED) is 0.482. The number of phenolic OH excluding ortho intramolecular Hbond substituents is 1. The maximum atomic E-state index is 10.0. The predicted molar refractivity (Wildman–Crippen MR) is 82.0 cm³/mol. The van der Waals surface area contributed by atoms with Crippen molar-refractivity contribution in [2.45, 2.75) is 25.3 Å².